The van der Waals surface area contributed by atoms with Crippen molar-refractivity contribution in [3.63, 3.8) is 0 Å². The quantitative estimate of drug-likeness (QED) is 0.537. The van der Waals surface area contributed by atoms with Crippen LogP contribution in [0.5, 0.6) is 0 Å². The summed E-state index contributed by atoms with van der Waals surface area (Å²) in [6.45, 7) is 0.554. The second kappa shape index (κ2) is 4.69. The zero-order valence-corrected chi connectivity index (χ0v) is 10.3. The normalized spacial score (nSPS) is 38.5. The molecule has 4 atom stereocenters. The molecule has 0 unspecified atom stereocenters. The highest BCUT2D eigenvalue weighted by molar-refractivity contribution is 7.52. The maximum atomic E-state index is 11.4. The Balaban J connectivity index is 2.15. The highest BCUT2D eigenvalue weighted by Crippen LogP contribution is 2.53. The van der Waals surface area contributed by atoms with E-state index in [-0.39, 0.29) is 11.8 Å². The molecule has 7 heteroatoms. The van der Waals surface area contributed by atoms with Crippen LogP contribution >= 0.6 is 7.60 Å². The molecule has 1 saturated carbocycles. The standard InChI is InChI=1S/C10H18NO5P/c12-10(13)8-4-7-6(5-11-8)2-1-3-9(7)17(14,15)16/h6-9,11H,1-5H2,(H,12,13)(H2,14,15,16)/t6-,7+,8+,9+/m1/s1. The van der Waals surface area contributed by atoms with Gasteiger partial charge in [0.2, 0.25) is 0 Å². The number of aliphatic carboxylic acids is 1. The lowest BCUT2D eigenvalue weighted by molar-refractivity contribution is -0.141. The summed E-state index contributed by atoms with van der Waals surface area (Å²) in [5.74, 6) is -0.887. The molecule has 4 N–H and O–H groups in total. The first-order valence-corrected chi connectivity index (χ1v) is 7.59. The number of piperidine rings is 1. The topological polar surface area (TPSA) is 107 Å². The highest BCUT2D eigenvalue weighted by atomic mass is 31.2. The monoisotopic (exact) mass is 263 g/mol. The van der Waals surface area contributed by atoms with Gasteiger partial charge in [0, 0.05) is 0 Å². The summed E-state index contributed by atoms with van der Waals surface area (Å²) >= 11 is 0. The second-order valence-electron chi connectivity index (χ2n) is 5.05. The molecule has 1 aliphatic heterocycles. The Bertz CT molecular complexity index is 355. The van der Waals surface area contributed by atoms with Crippen LogP contribution in [-0.4, -0.2) is 39.1 Å². The smallest absolute Gasteiger partial charge is 0.328 e. The minimum absolute atomic E-state index is 0.160. The summed E-state index contributed by atoms with van der Waals surface area (Å²) in [4.78, 5) is 29.6. The number of carboxylic acid groups (broad SMARTS) is 1. The summed E-state index contributed by atoms with van der Waals surface area (Å²) in [5.41, 5.74) is -0.648. The van der Waals surface area contributed by atoms with Crippen molar-refractivity contribution in [2.24, 2.45) is 11.8 Å². The molecular weight excluding hydrogens is 245 g/mol. The van der Waals surface area contributed by atoms with Gasteiger partial charge in [-0.2, -0.15) is 0 Å². The summed E-state index contributed by atoms with van der Waals surface area (Å²) in [6, 6.07) is -0.664. The molecule has 6 nitrogen and oxygen atoms in total. The molecule has 17 heavy (non-hydrogen) atoms. The average molecular weight is 263 g/mol. The van der Waals surface area contributed by atoms with Crippen molar-refractivity contribution >= 4 is 13.6 Å². The lowest BCUT2D eigenvalue weighted by Gasteiger charge is -2.43. The summed E-state index contributed by atoms with van der Waals surface area (Å²) in [5, 5.41) is 11.9. The zero-order valence-electron chi connectivity index (χ0n) is 9.45. The number of carbonyl (C=O) groups is 1. The molecule has 1 heterocycles. The molecule has 0 radical (unpaired) electrons. The Morgan fingerprint density at radius 1 is 1.29 bits per heavy atom. The Morgan fingerprint density at radius 2 is 2.00 bits per heavy atom. The van der Waals surface area contributed by atoms with E-state index in [1.54, 1.807) is 0 Å². The van der Waals surface area contributed by atoms with Crippen LogP contribution in [0.4, 0.5) is 0 Å². The van der Waals surface area contributed by atoms with Crippen molar-refractivity contribution in [3.05, 3.63) is 0 Å². The molecular formula is C10H18NO5P. The number of rotatable bonds is 2. The van der Waals surface area contributed by atoms with E-state index in [4.69, 9.17) is 5.11 Å². The highest BCUT2D eigenvalue weighted by Gasteiger charge is 2.46. The molecule has 0 spiro atoms. The van der Waals surface area contributed by atoms with Gasteiger partial charge in [0.25, 0.3) is 0 Å². The maximum absolute atomic E-state index is 11.4. The maximum Gasteiger partial charge on any atom is 0.328 e. The van der Waals surface area contributed by atoms with Gasteiger partial charge in [0.1, 0.15) is 6.04 Å². The van der Waals surface area contributed by atoms with Crippen molar-refractivity contribution in [2.75, 3.05) is 6.54 Å². The van der Waals surface area contributed by atoms with Crippen LogP contribution in [0.15, 0.2) is 0 Å². The minimum Gasteiger partial charge on any atom is -0.480 e. The van der Waals surface area contributed by atoms with E-state index < -0.39 is 25.3 Å². The van der Waals surface area contributed by atoms with Crippen LogP contribution in [0.25, 0.3) is 0 Å². The van der Waals surface area contributed by atoms with Crippen LogP contribution in [0.1, 0.15) is 25.7 Å². The zero-order chi connectivity index (χ0) is 12.6. The first-order chi connectivity index (χ1) is 7.89. The molecule has 0 bridgehead atoms. The van der Waals surface area contributed by atoms with E-state index in [0.29, 0.717) is 19.4 Å². The van der Waals surface area contributed by atoms with Gasteiger partial charge in [0.05, 0.1) is 5.66 Å². The van der Waals surface area contributed by atoms with Crippen LogP contribution in [0, 0.1) is 11.8 Å². The van der Waals surface area contributed by atoms with Crippen LogP contribution < -0.4 is 5.32 Å². The number of nitrogens with one attached hydrogen (secondary N) is 1. The number of fused-ring (bicyclic) bond motifs is 1. The molecule has 0 aromatic rings. The molecule has 2 rings (SSSR count). The Morgan fingerprint density at radius 3 is 2.59 bits per heavy atom. The minimum atomic E-state index is -4.11. The third kappa shape index (κ3) is 2.71. The number of hydrogen-bond donors (Lipinski definition) is 4. The van der Waals surface area contributed by atoms with Crippen molar-refractivity contribution in [2.45, 2.75) is 37.4 Å². The third-order valence-corrected chi connectivity index (χ3v) is 5.54. The summed E-state index contributed by atoms with van der Waals surface area (Å²) in [7, 11) is -4.11. The average Bonchev–Trinajstić information content (AvgIpc) is 2.26. The molecule has 2 aliphatic rings. The van der Waals surface area contributed by atoms with Crippen molar-refractivity contribution in [1.82, 2.24) is 5.32 Å². The Kier molecular flexibility index (Phi) is 3.59. The predicted molar refractivity (Wildman–Crippen MR) is 60.7 cm³/mol. The molecule has 0 aromatic heterocycles. The van der Waals surface area contributed by atoms with Gasteiger partial charge in [-0.25, -0.2) is 0 Å². The fraction of sp³-hybridized carbons (Fsp3) is 0.900. The lowest BCUT2D eigenvalue weighted by Crippen LogP contribution is -2.52. The van der Waals surface area contributed by atoms with Gasteiger partial charge in [-0.3, -0.25) is 9.36 Å². The van der Waals surface area contributed by atoms with Gasteiger partial charge in [-0.1, -0.05) is 6.42 Å². The Labute approximate surface area is 99.6 Å². The molecule has 1 aliphatic carbocycles. The third-order valence-electron chi connectivity index (χ3n) is 4.04. The van der Waals surface area contributed by atoms with E-state index in [0.717, 1.165) is 12.8 Å². The van der Waals surface area contributed by atoms with Crippen molar-refractivity contribution < 1.29 is 24.3 Å². The molecule has 1 saturated heterocycles. The van der Waals surface area contributed by atoms with E-state index in [1.807, 2.05) is 0 Å². The molecule has 0 aromatic carbocycles. The van der Waals surface area contributed by atoms with Gasteiger partial charge in [0.15, 0.2) is 0 Å². The van der Waals surface area contributed by atoms with E-state index >= 15 is 0 Å². The fourth-order valence-corrected chi connectivity index (χ4v) is 4.57. The SMILES string of the molecule is O=C(O)[C@@H]1C[C@H]2[C@H](CCC[C@@H]2P(=O)(O)O)CN1. The van der Waals surface area contributed by atoms with E-state index in [2.05, 4.69) is 5.32 Å². The van der Waals surface area contributed by atoms with Gasteiger partial charge in [-0.15, -0.1) is 0 Å². The van der Waals surface area contributed by atoms with Crippen molar-refractivity contribution in [3.8, 4) is 0 Å². The molecule has 98 valence electrons. The summed E-state index contributed by atoms with van der Waals surface area (Å²) in [6.07, 6.45) is 2.59. The van der Waals surface area contributed by atoms with Crippen molar-refractivity contribution in [1.29, 1.82) is 0 Å². The predicted octanol–water partition coefficient (Wildman–Crippen LogP) is 0.395. The van der Waals surface area contributed by atoms with Crippen LogP contribution in [0.2, 0.25) is 0 Å². The van der Waals surface area contributed by atoms with Crippen LogP contribution in [-0.2, 0) is 9.36 Å². The first kappa shape index (κ1) is 13.0. The number of hydrogen-bond acceptors (Lipinski definition) is 3. The lowest BCUT2D eigenvalue weighted by atomic mass is 9.73. The molecule has 2 fully saturated rings. The van der Waals surface area contributed by atoms with Gasteiger partial charge < -0.3 is 20.2 Å². The Hall–Kier alpha value is -0.420. The van der Waals surface area contributed by atoms with Gasteiger partial charge >= 0.3 is 13.6 Å². The molecule has 0 amide bonds. The largest absolute Gasteiger partial charge is 0.480 e. The van der Waals surface area contributed by atoms with Crippen LogP contribution in [0.3, 0.4) is 0 Å². The number of carboxylic acids is 1. The van der Waals surface area contributed by atoms with Gasteiger partial charge in [-0.05, 0) is 37.6 Å². The van der Waals surface area contributed by atoms with E-state index in [9.17, 15) is 19.1 Å². The summed E-state index contributed by atoms with van der Waals surface area (Å²) < 4.78 is 11.4. The second-order valence-corrected chi connectivity index (χ2v) is 6.89. The van der Waals surface area contributed by atoms with E-state index in [1.165, 1.54) is 0 Å². The first-order valence-electron chi connectivity index (χ1n) is 5.91. The fourth-order valence-electron chi connectivity index (χ4n) is 3.19.